The Bertz CT molecular complexity index is 1190. The Balaban J connectivity index is 1.35. The molecule has 0 bridgehead atoms. The first kappa shape index (κ1) is 27.0. The standard InChI is InChI=1S/C30H36F2N2O3/c1-37-25-9-11-29-27(19-25)26(13-15-33-29)28(32)10-7-22-14-17-34(20-23(22)8-12-30(35)36)16-3-5-21-4-2-6-24(31)18-21/h2,4,6,9,11,13,15,18-19,22-23,28H,3,5,7-8,10,12,14,16-17,20H2,1H3,(H,35,36)/t22-,23-,28-/m1/s1. The van der Waals surface area contributed by atoms with E-state index >= 15 is 4.39 Å². The molecule has 0 amide bonds. The van der Waals surface area contributed by atoms with E-state index in [1.54, 1.807) is 31.5 Å². The smallest absolute Gasteiger partial charge is 0.303 e. The maximum absolute atomic E-state index is 15.5. The number of benzene rings is 2. The van der Waals surface area contributed by atoms with E-state index < -0.39 is 12.1 Å². The number of likely N-dealkylation sites (tertiary alicyclic amines) is 1. The molecule has 0 saturated carbocycles. The van der Waals surface area contributed by atoms with Crippen molar-refractivity contribution in [3.63, 3.8) is 0 Å². The predicted octanol–water partition coefficient (Wildman–Crippen LogP) is 6.61. The predicted molar refractivity (Wildman–Crippen MR) is 141 cm³/mol. The Morgan fingerprint density at radius 3 is 2.84 bits per heavy atom. The molecular formula is C30H36F2N2O3. The van der Waals surface area contributed by atoms with E-state index in [4.69, 9.17) is 4.74 Å². The Kier molecular flexibility index (Phi) is 9.45. The second kappa shape index (κ2) is 13.0. The molecule has 3 atom stereocenters. The molecule has 198 valence electrons. The van der Waals surface area contributed by atoms with Crippen molar-refractivity contribution in [2.24, 2.45) is 11.8 Å². The Hall–Kier alpha value is -3.06. The number of ether oxygens (including phenoxy) is 1. The van der Waals surface area contributed by atoms with Crippen molar-refractivity contribution in [3.8, 4) is 5.75 Å². The van der Waals surface area contributed by atoms with Crippen LogP contribution in [0.3, 0.4) is 0 Å². The van der Waals surface area contributed by atoms with Gasteiger partial charge in [0.2, 0.25) is 0 Å². The van der Waals surface area contributed by atoms with Crippen LogP contribution in [0.1, 0.15) is 55.8 Å². The molecule has 1 N–H and O–H groups in total. The average molecular weight is 511 g/mol. The number of aryl methyl sites for hydroxylation is 1. The molecule has 1 aromatic heterocycles. The summed E-state index contributed by atoms with van der Waals surface area (Å²) in [6, 6.07) is 14.0. The molecule has 2 heterocycles. The minimum atomic E-state index is -1.12. The van der Waals surface area contributed by atoms with Gasteiger partial charge in [-0.25, -0.2) is 8.78 Å². The molecule has 0 radical (unpaired) electrons. The second-order valence-corrected chi connectivity index (χ2v) is 10.1. The quantitative estimate of drug-likeness (QED) is 0.297. The molecule has 1 fully saturated rings. The highest BCUT2D eigenvalue weighted by molar-refractivity contribution is 5.83. The van der Waals surface area contributed by atoms with Crippen molar-refractivity contribution in [2.75, 3.05) is 26.7 Å². The highest BCUT2D eigenvalue weighted by Crippen LogP contribution is 2.36. The van der Waals surface area contributed by atoms with E-state index in [0.29, 0.717) is 30.1 Å². The maximum atomic E-state index is 15.5. The molecule has 0 unspecified atom stereocenters. The minimum absolute atomic E-state index is 0.131. The highest BCUT2D eigenvalue weighted by atomic mass is 19.1. The van der Waals surface area contributed by atoms with Gasteiger partial charge in [0.1, 0.15) is 17.7 Å². The van der Waals surface area contributed by atoms with Gasteiger partial charge in [0.05, 0.1) is 12.6 Å². The van der Waals surface area contributed by atoms with Gasteiger partial charge in [0.15, 0.2) is 0 Å². The molecule has 0 spiro atoms. The fraction of sp³-hybridized carbons (Fsp3) is 0.467. The zero-order chi connectivity index (χ0) is 26.2. The lowest BCUT2D eigenvalue weighted by Gasteiger charge is -2.39. The van der Waals surface area contributed by atoms with Gasteiger partial charge in [-0.2, -0.15) is 0 Å². The lowest BCUT2D eigenvalue weighted by Crippen LogP contribution is -2.41. The first-order valence-corrected chi connectivity index (χ1v) is 13.2. The monoisotopic (exact) mass is 510 g/mol. The molecule has 0 aliphatic carbocycles. The summed E-state index contributed by atoms with van der Waals surface area (Å²) in [6.45, 7) is 2.64. The Labute approximate surface area is 217 Å². The van der Waals surface area contributed by atoms with Gasteiger partial charge >= 0.3 is 5.97 Å². The van der Waals surface area contributed by atoms with Gasteiger partial charge in [-0.1, -0.05) is 12.1 Å². The third-order valence-corrected chi connectivity index (χ3v) is 7.64. The van der Waals surface area contributed by atoms with E-state index in [9.17, 15) is 14.3 Å². The summed E-state index contributed by atoms with van der Waals surface area (Å²) in [7, 11) is 1.59. The van der Waals surface area contributed by atoms with Crippen LogP contribution in [0, 0.1) is 17.7 Å². The van der Waals surface area contributed by atoms with E-state index in [-0.39, 0.29) is 18.2 Å². The SMILES string of the molecule is COc1ccc2nccc([C@H](F)CC[C@@H]3CCN(CCCc4cccc(F)c4)C[C@H]3CCC(=O)O)c2c1. The molecule has 1 saturated heterocycles. The van der Waals surface area contributed by atoms with Crippen molar-refractivity contribution in [2.45, 2.75) is 51.1 Å². The van der Waals surface area contributed by atoms with Gasteiger partial charge < -0.3 is 14.7 Å². The van der Waals surface area contributed by atoms with Crippen molar-refractivity contribution in [3.05, 3.63) is 71.7 Å². The number of methoxy groups -OCH3 is 1. The third kappa shape index (κ3) is 7.48. The Morgan fingerprint density at radius 1 is 1.19 bits per heavy atom. The molecule has 2 aromatic carbocycles. The number of aromatic nitrogens is 1. The number of alkyl halides is 1. The molecule has 7 heteroatoms. The number of aliphatic carboxylic acids is 1. The van der Waals surface area contributed by atoms with Crippen LogP contribution >= 0.6 is 0 Å². The van der Waals surface area contributed by atoms with Crippen molar-refractivity contribution in [1.29, 1.82) is 0 Å². The molecule has 3 aromatic rings. The van der Waals surface area contributed by atoms with E-state index in [0.717, 1.165) is 61.8 Å². The van der Waals surface area contributed by atoms with Crippen LogP contribution < -0.4 is 4.74 Å². The van der Waals surface area contributed by atoms with Crippen LogP contribution in [0.5, 0.6) is 5.75 Å². The molecule has 37 heavy (non-hydrogen) atoms. The first-order chi connectivity index (χ1) is 17.9. The number of carboxylic acid groups (broad SMARTS) is 1. The average Bonchev–Trinajstić information content (AvgIpc) is 2.90. The summed E-state index contributed by atoms with van der Waals surface area (Å²) >= 11 is 0. The van der Waals surface area contributed by atoms with E-state index in [1.807, 2.05) is 24.3 Å². The summed E-state index contributed by atoms with van der Waals surface area (Å²) in [5.74, 6) is 0.187. The van der Waals surface area contributed by atoms with Crippen molar-refractivity contribution in [1.82, 2.24) is 9.88 Å². The highest BCUT2D eigenvalue weighted by Gasteiger charge is 2.30. The summed E-state index contributed by atoms with van der Waals surface area (Å²) < 4.78 is 34.3. The van der Waals surface area contributed by atoms with Crippen molar-refractivity contribution < 1.29 is 23.4 Å². The number of carboxylic acids is 1. The van der Waals surface area contributed by atoms with Gasteiger partial charge in [-0.15, -0.1) is 0 Å². The summed E-state index contributed by atoms with van der Waals surface area (Å²) in [6.07, 6.45) is 5.04. The van der Waals surface area contributed by atoms with E-state index in [2.05, 4.69) is 9.88 Å². The van der Waals surface area contributed by atoms with Crippen LogP contribution in [0.4, 0.5) is 8.78 Å². The number of hydrogen-bond acceptors (Lipinski definition) is 4. The van der Waals surface area contributed by atoms with Crippen molar-refractivity contribution >= 4 is 16.9 Å². The fourth-order valence-electron chi connectivity index (χ4n) is 5.64. The number of pyridine rings is 1. The third-order valence-electron chi connectivity index (χ3n) is 7.64. The largest absolute Gasteiger partial charge is 0.497 e. The normalized spacial score (nSPS) is 19.1. The summed E-state index contributed by atoms with van der Waals surface area (Å²) in [5.41, 5.74) is 2.36. The number of halogens is 2. The lowest BCUT2D eigenvalue weighted by molar-refractivity contribution is -0.137. The molecule has 4 rings (SSSR count). The molecule has 1 aliphatic heterocycles. The van der Waals surface area contributed by atoms with Crippen LogP contribution in [-0.4, -0.2) is 47.7 Å². The fourth-order valence-corrected chi connectivity index (χ4v) is 5.64. The van der Waals surface area contributed by atoms with Crippen LogP contribution in [-0.2, 0) is 11.2 Å². The maximum Gasteiger partial charge on any atom is 0.303 e. The van der Waals surface area contributed by atoms with Gasteiger partial charge in [-0.3, -0.25) is 9.78 Å². The molecular weight excluding hydrogens is 474 g/mol. The summed E-state index contributed by atoms with van der Waals surface area (Å²) in [4.78, 5) is 18.0. The van der Waals surface area contributed by atoms with E-state index in [1.165, 1.54) is 6.07 Å². The number of piperidine rings is 1. The number of nitrogens with zero attached hydrogens (tertiary/aromatic N) is 2. The number of rotatable bonds is 12. The topological polar surface area (TPSA) is 62.7 Å². The Morgan fingerprint density at radius 2 is 2.05 bits per heavy atom. The van der Waals surface area contributed by atoms with Gasteiger partial charge in [0.25, 0.3) is 0 Å². The minimum Gasteiger partial charge on any atom is -0.497 e. The van der Waals surface area contributed by atoms with Crippen LogP contribution in [0.25, 0.3) is 10.9 Å². The number of hydrogen-bond donors (Lipinski definition) is 1. The second-order valence-electron chi connectivity index (χ2n) is 10.1. The zero-order valence-corrected chi connectivity index (χ0v) is 21.4. The number of fused-ring (bicyclic) bond motifs is 1. The van der Waals surface area contributed by atoms with Crippen LogP contribution in [0.15, 0.2) is 54.7 Å². The zero-order valence-electron chi connectivity index (χ0n) is 21.4. The first-order valence-electron chi connectivity index (χ1n) is 13.2. The van der Waals surface area contributed by atoms with Crippen LogP contribution in [0.2, 0.25) is 0 Å². The molecule has 5 nitrogen and oxygen atoms in total. The number of carbonyl (C=O) groups is 1. The lowest BCUT2D eigenvalue weighted by atomic mass is 9.79. The molecule has 1 aliphatic rings. The van der Waals surface area contributed by atoms with Gasteiger partial charge in [0, 0.05) is 24.5 Å². The van der Waals surface area contributed by atoms with Gasteiger partial charge in [-0.05, 0) is 111 Å². The summed E-state index contributed by atoms with van der Waals surface area (Å²) in [5, 5.41) is 10.0.